The molecule has 1 aromatic rings. The van der Waals surface area contributed by atoms with Gasteiger partial charge in [0.25, 0.3) is 0 Å². The van der Waals surface area contributed by atoms with Crippen LogP contribution in [0.5, 0.6) is 5.75 Å². The van der Waals surface area contributed by atoms with E-state index in [1.165, 1.54) is 6.92 Å². The number of benzene rings is 1. The number of aliphatic carboxylic acids is 1. The van der Waals surface area contributed by atoms with Gasteiger partial charge in [-0.2, -0.15) is 0 Å². The third kappa shape index (κ3) is 3.96. The van der Waals surface area contributed by atoms with Crippen LogP contribution in [0.1, 0.15) is 58.9 Å². The van der Waals surface area contributed by atoms with E-state index in [1.54, 1.807) is 12.1 Å². The van der Waals surface area contributed by atoms with E-state index >= 15 is 0 Å². The molecule has 4 heterocycles. The van der Waals surface area contributed by atoms with Gasteiger partial charge >= 0.3 is 5.97 Å². The molecular weight excluding hydrogens is 428 g/mol. The number of rotatable bonds is 6. The molecule has 9 atom stereocenters. The Morgan fingerprint density at radius 1 is 1.21 bits per heavy atom. The summed E-state index contributed by atoms with van der Waals surface area (Å²) in [6.07, 6.45) is 2.01. The molecule has 6 rings (SSSR count). The Kier molecular flexibility index (Phi) is 5.94. The normalized spacial score (nSPS) is 42.8. The molecule has 182 valence electrons. The number of fused-ring (bicyclic) bond motifs is 2. The maximum atomic E-state index is 11.1. The van der Waals surface area contributed by atoms with Crippen LogP contribution in [0.2, 0.25) is 0 Å². The summed E-state index contributed by atoms with van der Waals surface area (Å²) in [4.78, 5) is 23.1. The third-order valence-electron chi connectivity index (χ3n) is 8.07. The zero-order valence-corrected chi connectivity index (χ0v) is 19.7. The van der Waals surface area contributed by atoms with Crippen LogP contribution < -0.4 is 4.74 Å². The van der Waals surface area contributed by atoms with E-state index in [2.05, 4.69) is 13.8 Å². The lowest BCUT2D eigenvalue weighted by atomic mass is 9.58. The Morgan fingerprint density at radius 2 is 2.03 bits per heavy atom. The maximum absolute atomic E-state index is 11.1. The van der Waals surface area contributed by atoms with Gasteiger partial charge in [0.05, 0.1) is 6.61 Å². The summed E-state index contributed by atoms with van der Waals surface area (Å²) in [6.45, 7) is 8.18. The lowest BCUT2D eigenvalue weighted by Crippen LogP contribution is -2.70. The fraction of sp³-hybridized carbons (Fsp3) is 0.720. The van der Waals surface area contributed by atoms with Crippen molar-refractivity contribution in [1.82, 2.24) is 0 Å². The van der Waals surface area contributed by atoms with E-state index in [9.17, 15) is 4.79 Å². The third-order valence-corrected chi connectivity index (χ3v) is 8.07. The Hall–Kier alpha value is -1.71. The van der Waals surface area contributed by atoms with Gasteiger partial charge in [0.2, 0.25) is 5.79 Å². The summed E-state index contributed by atoms with van der Waals surface area (Å²) in [5, 5.41) is 9.08. The first-order chi connectivity index (χ1) is 15.7. The van der Waals surface area contributed by atoms with Gasteiger partial charge in [-0.3, -0.25) is 0 Å². The largest absolute Gasteiger partial charge is 0.479 e. The molecule has 1 aromatic carbocycles. The highest BCUT2D eigenvalue weighted by Crippen LogP contribution is 2.60. The van der Waals surface area contributed by atoms with Crippen molar-refractivity contribution >= 4 is 5.97 Å². The second kappa shape index (κ2) is 8.50. The van der Waals surface area contributed by atoms with Gasteiger partial charge in [0, 0.05) is 18.3 Å². The Morgan fingerprint density at radius 3 is 2.82 bits per heavy atom. The second-order valence-electron chi connectivity index (χ2n) is 10.3. The van der Waals surface area contributed by atoms with E-state index < -0.39 is 36.0 Å². The van der Waals surface area contributed by atoms with Gasteiger partial charge in [-0.25, -0.2) is 14.6 Å². The summed E-state index contributed by atoms with van der Waals surface area (Å²) < 4.78 is 24.6. The Labute approximate surface area is 194 Å². The van der Waals surface area contributed by atoms with Crippen molar-refractivity contribution in [2.75, 3.05) is 0 Å². The highest BCUT2D eigenvalue weighted by atomic mass is 17.3. The van der Waals surface area contributed by atoms with Crippen molar-refractivity contribution in [3.05, 3.63) is 29.8 Å². The molecule has 33 heavy (non-hydrogen) atoms. The van der Waals surface area contributed by atoms with Crippen LogP contribution in [0, 0.1) is 23.7 Å². The predicted octanol–water partition coefficient (Wildman–Crippen LogP) is 4.26. The molecule has 1 aliphatic carbocycles. The summed E-state index contributed by atoms with van der Waals surface area (Å²) in [6, 6.07) is 7.29. The molecular formula is C25H34O8. The van der Waals surface area contributed by atoms with Gasteiger partial charge in [0.1, 0.15) is 5.75 Å². The monoisotopic (exact) mass is 462 g/mol. The lowest BCUT2D eigenvalue weighted by molar-refractivity contribution is -0.577. The molecule has 4 aliphatic heterocycles. The van der Waals surface area contributed by atoms with Gasteiger partial charge < -0.3 is 24.1 Å². The molecule has 3 unspecified atom stereocenters. The Balaban J connectivity index is 1.32. The zero-order valence-electron chi connectivity index (χ0n) is 19.7. The lowest BCUT2D eigenvalue weighted by Gasteiger charge is -2.60. The summed E-state index contributed by atoms with van der Waals surface area (Å²) in [7, 11) is 0. The van der Waals surface area contributed by atoms with Crippen LogP contribution in [0.15, 0.2) is 24.3 Å². The van der Waals surface area contributed by atoms with Gasteiger partial charge in [0.15, 0.2) is 24.3 Å². The number of carboxylic acids is 1. The summed E-state index contributed by atoms with van der Waals surface area (Å²) in [5.74, 6) is -0.190. The quantitative estimate of drug-likeness (QED) is 0.627. The molecule has 1 saturated carbocycles. The van der Waals surface area contributed by atoms with Crippen LogP contribution in [0.25, 0.3) is 0 Å². The molecule has 5 aliphatic rings. The summed E-state index contributed by atoms with van der Waals surface area (Å²) in [5.41, 5.74) is 0.277. The molecule has 2 bridgehead atoms. The average molecular weight is 463 g/mol. The minimum Gasteiger partial charge on any atom is -0.479 e. The first kappa shape index (κ1) is 23.1. The Bertz CT molecular complexity index is 891. The molecule has 5 fully saturated rings. The zero-order chi connectivity index (χ0) is 23.4. The van der Waals surface area contributed by atoms with Crippen molar-refractivity contribution < 1.29 is 38.6 Å². The second-order valence-corrected chi connectivity index (χ2v) is 10.3. The maximum Gasteiger partial charge on any atom is 0.344 e. The fourth-order valence-corrected chi connectivity index (χ4v) is 6.20. The molecule has 8 nitrogen and oxygen atoms in total. The summed E-state index contributed by atoms with van der Waals surface area (Å²) >= 11 is 0. The van der Waals surface area contributed by atoms with Crippen molar-refractivity contribution in [2.45, 2.75) is 90.1 Å². The van der Waals surface area contributed by atoms with Crippen LogP contribution >= 0.6 is 0 Å². The van der Waals surface area contributed by atoms with E-state index in [4.69, 9.17) is 33.8 Å². The van der Waals surface area contributed by atoms with Gasteiger partial charge in [-0.15, -0.1) is 0 Å². The molecule has 1 N–H and O–H groups in total. The van der Waals surface area contributed by atoms with E-state index in [-0.39, 0.29) is 11.8 Å². The van der Waals surface area contributed by atoms with Gasteiger partial charge in [-0.05, 0) is 62.6 Å². The smallest absolute Gasteiger partial charge is 0.344 e. The highest BCUT2D eigenvalue weighted by molar-refractivity contribution is 5.72. The highest BCUT2D eigenvalue weighted by Gasteiger charge is 2.69. The average Bonchev–Trinajstić information content (AvgIpc) is 3.01. The van der Waals surface area contributed by atoms with Crippen LogP contribution in [0.4, 0.5) is 0 Å². The van der Waals surface area contributed by atoms with E-state index in [1.807, 2.05) is 19.1 Å². The molecule has 0 aromatic heterocycles. The number of hydrogen-bond donors (Lipinski definition) is 1. The topological polar surface area (TPSA) is 92.7 Å². The van der Waals surface area contributed by atoms with Crippen molar-refractivity contribution in [1.29, 1.82) is 0 Å². The van der Waals surface area contributed by atoms with E-state index in [0.29, 0.717) is 24.2 Å². The number of carboxylic acid groups (broad SMARTS) is 1. The molecule has 1 spiro atoms. The SMILES string of the molecule is CC(Oc1cccc(CO[C@@H]2O[C@@H]3O[C@]4(C)CCC5[C@H](C)CCC([C@H]2C)[C@]53OO4)c1)C(=O)O. The molecule has 0 radical (unpaired) electrons. The fourth-order valence-electron chi connectivity index (χ4n) is 6.20. The first-order valence-electron chi connectivity index (χ1n) is 12.0. The first-order valence-corrected chi connectivity index (χ1v) is 12.0. The predicted molar refractivity (Wildman–Crippen MR) is 116 cm³/mol. The minimum absolute atomic E-state index is 0.0948. The molecule has 0 amide bonds. The molecule has 8 heteroatoms. The van der Waals surface area contributed by atoms with E-state index in [0.717, 1.165) is 31.2 Å². The minimum atomic E-state index is -1.01. The van der Waals surface area contributed by atoms with Crippen LogP contribution in [0.3, 0.4) is 0 Å². The number of hydrogen-bond acceptors (Lipinski definition) is 7. The van der Waals surface area contributed by atoms with Crippen molar-refractivity contribution in [2.24, 2.45) is 23.7 Å². The van der Waals surface area contributed by atoms with Crippen LogP contribution in [-0.2, 0) is 35.4 Å². The van der Waals surface area contributed by atoms with Crippen LogP contribution in [-0.4, -0.2) is 41.1 Å². The molecule has 4 saturated heterocycles. The van der Waals surface area contributed by atoms with Crippen molar-refractivity contribution in [3.63, 3.8) is 0 Å². The standard InChI is InChI=1S/C25H34O8/c1-14-8-9-20-15(2)22(28-13-17-6-5-7-18(12-17)29-16(3)21(26)27)30-23-25(20)19(14)10-11-24(4,31-23)32-33-25/h5-7,12,14-16,19-20,22-23H,8-11,13H2,1-4H3,(H,26,27)/t14-,15-,16?,19?,20?,22-,23-,24+,25-/m1/s1. The van der Waals surface area contributed by atoms with Crippen molar-refractivity contribution in [3.8, 4) is 5.75 Å². The number of ether oxygens (including phenoxy) is 4. The number of carbonyl (C=O) groups is 1. The van der Waals surface area contributed by atoms with Gasteiger partial charge in [-0.1, -0.05) is 26.0 Å².